The minimum absolute atomic E-state index is 0.0564. The summed E-state index contributed by atoms with van der Waals surface area (Å²) in [7, 11) is 0. The van der Waals surface area contributed by atoms with Crippen molar-refractivity contribution in [3.05, 3.63) is 28.6 Å². The first kappa shape index (κ1) is 12.8. The number of nitrogens with zero attached hydrogens (tertiary/aromatic N) is 2. The van der Waals surface area contributed by atoms with Gasteiger partial charge in [0.15, 0.2) is 0 Å². The summed E-state index contributed by atoms with van der Waals surface area (Å²) in [4.78, 5) is 14.3. The molecule has 5 heteroatoms. The van der Waals surface area contributed by atoms with Crippen molar-refractivity contribution < 1.29 is 4.92 Å². The predicted octanol–water partition coefficient (Wildman–Crippen LogP) is 3.23. The van der Waals surface area contributed by atoms with E-state index in [-0.39, 0.29) is 10.6 Å². The number of rotatable bonds is 4. The lowest BCUT2D eigenvalue weighted by molar-refractivity contribution is -0.384. The molecule has 5 nitrogen and oxygen atoms in total. The van der Waals surface area contributed by atoms with Crippen molar-refractivity contribution in [1.29, 1.82) is 0 Å². The molecule has 1 aromatic rings. The zero-order chi connectivity index (χ0) is 13.0. The fourth-order valence-electron chi connectivity index (χ4n) is 2.62. The van der Waals surface area contributed by atoms with Crippen LogP contribution in [-0.2, 0) is 0 Å². The number of aromatic nitrogens is 1. The lowest BCUT2D eigenvalue weighted by atomic mass is 9.80. The van der Waals surface area contributed by atoms with Crippen LogP contribution >= 0.6 is 0 Å². The maximum Gasteiger partial charge on any atom is 0.310 e. The fourth-order valence-corrected chi connectivity index (χ4v) is 2.62. The standard InChI is InChI=1S/C13H19N3O2/c1-10-4-2-3-5-11(10)8-15-12-6-7-14-9-13(12)16(17)18/h6-7,9-11H,2-5,8H2,1H3,(H,14,15). The van der Waals surface area contributed by atoms with Crippen molar-refractivity contribution in [2.75, 3.05) is 11.9 Å². The first-order valence-electron chi connectivity index (χ1n) is 6.50. The van der Waals surface area contributed by atoms with Gasteiger partial charge in [0.25, 0.3) is 0 Å². The van der Waals surface area contributed by atoms with Gasteiger partial charge < -0.3 is 5.32 Å². The van der Waals surface area contributed by atoms with Gasteiger partial charge in [-0.25, -0.2) is 0 Å². The first-order valence-corrected chi connectivity index (χ1v) is 6.50. The summed E-state index contributed by atoms with van der Waals surface area (Å²) in [6.45, 7) is 3.08. The van der Waals surface area contributed by atoms with Crippen LogP contribution in [-0.4, -0.2) is 16.5 Å². The van der Waals surface area contributed by atoms with Gasteiger partial charge in [0.2, 0.25) is 0 Å². The topological polar surface area (TPSA) is 68.1 Å². The van der Waals surface area contributed by atoms with Crippen molar-refractivity contribution in [3.63, 3.8) is 0 Å². The van der Waals surface area contributed by atoms with Gasteiger partial charge in [-0.2, -0.15) is 0 Å². The van der Waals surface area contributed by atoms with Gasteiger partial charge >= 0.3 is 5.69 Å². The SMILES string of the molecule is CC1CCCCC1CNc1ccncc1[N+](=O)[O-]. The number of hydrogen-bond donors (Lipinski definition) is 1. The lowest BCUT2D eigenvalue weighted by Crippen LogP contribution is -2.24. The maximum absolute atomic E-state index is 10.9. The Hall–Kier alpha value is -1.65. The van der Waals surface area contributed by atoms with Crippen LogP contribution in [0.3, 0.4) is 0 Å². The molecule has 0 radical (unpaired) electrons. The molecule has 1 aliphatic rings. The smallest absolute Gasteiger partial charge is 0.310 e. The van der Waals surface area contributed by atoms with Crippen LogP contribution in [0.1, 0.15) is 32.6 Å². The number of anilines is 1. The summed E-state index contributed by atoms with van der Waals surface area (Å²) in [5.74, 6) is 1.32. The van der Waals surface area contributed by atoms with E-state index >= 15 is 0 Å². The second-order valence-corrected chi connectivity index (χ2v) is 5.05. The van der Waals surface area contributed by atoms with Crippen molar-refractivity contribution in [2.24, 2.45) is 11.8 Å². The molecule has 0 amide bonds. The third-order valence-corrected chi connectivity index (χ3v) is 3.84. The molecule has 18 heavy (non-hydrogen) atoms. The third-order valence-electron chi connectivity index (χ3n) is 3.84. The molecular formula is C13H19N3O2. The highest BCUT2D eigenvalue weighted by Crippen LogP contribution is 2.30. The molecule has 98 valence electrons. The van der Waals surface area contributed by atoms with E-state index in [1.54, 1.807) is 12.3 Å². The van der Waals surface area contributed by atoms with Gasteiger partial charge in [0.1, 0.15) is 11.9 Å². The highest BCUT2D eigenvalue weighted by Gasteiger charge is 2.22. The van der Waals surface area contributed by atoms with Gasteiger partial charge in [-0.15, -0.1) is 0 Å². The second-order valence-electron chi connectivity index (χ2n) is 5.05. The largest absolute Gasteiger partial charge is 0.379 e. The molecule has 1 saturated carbocycles. The van der Waals surface area contributed by atoms with Gasteiger partial charge in [0.05, 0.1) is 4.92 Å². The summed E-state index contributed by atoms with van der Waals surface area (Å²) in [5, 5.41) is 14.1. The van der Waals surface area contributed by atoms with Crippen LogP contribution in [0.15, 0.2) is 18.5 Å². The minimum atomic E-state index is -0.389. The van der Waals surface area contributed by atoms with Crippen LogP contribution in [0.2, 0.25) is 0 Å². The Labute approximate surface area is 107 Å². The molecule has 0 spiro atoms. The molecule has 2 unspecified atom stereocenters. The quantitative estimate of drug-likeness (QED) is 0.657. The number of nitro groups is 1. The van der Waals surface area contributed by atoms with E-state index in [0.717, 1.165) is 6.54 Å². The average Bonchev–Trinajstić information content (AvgIpc) is 2.38. The van der Waals surface area contributed by atoms with E-state index < -0.39 is 0 Å². The van der Waals surface area contributed by atoms with E-state index in [9.17, 15) is 10.1 Å². The Morgan fingerprint density at radius 3 is 3.00 bits per heavy atom. The molecule has 0 saturated heterocycles. The molecular weight excluding hydrogens is 230 g/mol. The molecule has 1 N–H and O–H groups in total. The molecule has 0 aliphatic heterocycles. The maximum atomic E-state index is 10.9. The molecule has 1 aromatic heterocycles. The van der Waals surface area contributed by atoms with Crippen molar-refractivity contribution >= 4 is 11.4 Å². The second kappa shape index (κ2) is 5.80. The van der Waals surface area contributed by atoms with Crippen molar-refractivity contribution in [1.82, 2.24) is 4.98 Å². The summed E-state index contributed by atoms with van der Waals surface area (Å²) in [6.07, 6.45) is 7.95. The molecule has 2 rings (SSSR count). The van der Waals surface area contributed by atoms with E-state index in [4.69, 9.17) is 0 Å². The van der Waals surface area contributed by atoms with Crippen LogP contribution in [0, 0.1) is 22.0 Å². The number of pyridine rings is 1. The molecule has 0 bridgehead atoms. The van der Waals surface area contributed by atoms with Gasteiger partial charge in [0, 0.05) is 12.7 Å². The van der Waals surface area contributed by atoms with Gasteiger partial charge in [-0.05, 0) is 24.3 Å². The van der Waals surface area contributed by atoms with Crippen molar-refractivity contribution in [2.45, 2.75) is 32.6 Å². The lowest BCUT2D eigenvalue weighted by Gasteiger charge is -2.29. The zero-order valence-corrected chi connectivity index (χ0v) is 10.6. The van der Waals surface area contributed by atoms with Crippen molar-refractivity contribution in [3.8, 4) is 0 Å². The Kier molecular flexibility index (Phi) is 4.12. The zero-order valence-electron chi connectivity index (χ0n) is 10.6. The summed E-state index contributed by atoms with van der Waals surface area (Å²) < 4.78 is 0. The summed E-state index contributed by atoms with van der Waals surface area (Å²) >= 11 is 0. The van der Waals surface area contributed by atoms with E-state index in [2.05, 4.69) is 17.2 Å². The Morgan fingerprint density at radius 2 is 2.28 bits per heavy atom. The van der Waals surface area contributed by atoms with Crippen LogP contribution in [0.4, 0.5) is 11.4 Å². The highest BCUT2D eigenvalue weighted by molar-refractivity contribution is 5.59. The van der Waals surface area contributed by atoms with E-state index in [0.29, 0.717) is 17.5 Å². The molecule has 1 aliphatic carbocycles. The summed E-state index contributed by atoms with van der Waals surface area (Å²) in [5.41, 5.74) is 0.633. The molecule has 2 atom stereocenters. The van der Waals surface area contributed by atoms with Crippen LogP contribution in [0.25, 0.3) is 0 Å². The average molecular weight is 249 g/mol. The molecule has 1 fully saturated rings. The monoisotopic (exact) mass is 249 g/mol. The Balaban J connectivity index is 1.99. The Bertz CT molecular complexity index is 422. The van der Waals surface area contributed by atoms with Crippen LogP contribution in [0.5, 0.6) is 0 Å². The normalized spacial score (nSPS) is 23.6. The highest BCUT2D eigenvalue weighted by atomic mass is 16.6. The predicted molar refractivity (Wildman–Crippen MR) is 70.5 cm³/mol. The van der Waals surface area contributed by atoms with E-state index in [1.807, 2.05) is 0 Å². The minimum Gasteiger partial charge on any atom is -0.379 e. The number of hydrogen-bond acceptors (Lipinski definition) is 4. The van der Waals surface area contributed by atoms with Gasteiger partial charge in [-0.1, -0.05) is 26.2 Å². The molecule has 0 aromatic carbocycles. The summed E-state index contributed by atoms with van der Waals surface area (Å²) in [6, 6.07) is 1.67. The number of nitrogens with one attached hydrogen (secondary N) is 1. The first-order chi connectivity index (χ1) is 8.68. The van der Waals surface area contributed by atoms with Crippen LogP contribution < -0.4 is 5.32 Å². The Morgan fingerprint density at radius 1 is 1.50 bits per heavy atom. The van der Waals surface area contributed by atoms with Gasteiger partial charge in [-0.3, -0.25) is 15.1 Å². The van der Waals surface area contributed by atoms with E-state index in [1.165, 1.54) is 31.9 Å². The molecule has 1 heterocycles. The third kappa shape index (κ3) is 2.97. The fraction of sp³-hybridized carbons (Fsp3) is 0.615.